The number of halogens is 2. The van der Waals surface area contributed by atoms with Crippen LogP contribution in [0.2, 0.25) is 5.15 Å². The quantitative estimate of drug-likeness (QED) is 0.887. The molecule has 0 spiro atoms. The zero-order chi connectivity index (χ0) is 14.0. The molecule has 2 aromatic rings. The number of hydrogen-bond acceptors (Lipinski definition) is 3. The van der Waals surface area contributed by atoms with Crippen LogP contribution in [0.4, 0.5) is 10.2 Å². The normalized spacial score (nSPS) is 11.3. The predicted molar refractivity (Wildman–Crippen MR) is 71.2 cm³/mol. The van der Waals surface area contributed by atoms with Crippen LogP contribution in [0.15, 0.2) is 41.3 Å². The molecule has 0 saturated carbocycles. The minimum absolute atomic E-state index is 0.0798. The minimum Gasteiger partial charge on any atom is -0.263 e. The van der Waals surface area contributed by atoms with Crippen molar-refractivity contribution in [2.45, 2.75) is 11.8 Å². The van der Waals surface area contributed by atoms with Gasteiger partial charge in [0.15, 0.2) is 0 Å². The summed E-state index contributed by atoms with van der Waals surface area (Å²) >= 11 is 5.67. The second kappa shape index (κ2) is 5.14. The highest BCUT2D eigenvalue weighted by atomic mass is 35.5. The number of rotatable bonds is 3. The molecular formula is C12H10ClFN2O2S. The van der Waals surface area contributed by atoms with E-state index >= 15 is 0 Å². The Morgan fingerprint density at radius 3 is 2.68 bits per heavy atom. The number of sulfonamides is 1. The molecule has 0 amide bonds. The van der Waals surface area contributed by atoms with Gasteiger partial charge >= 0.3 is 0 Å². The second-order valence-electron chi connectivity index (χ2n) is 3.86. The number of anilines is 1. The van der Waals surface area contributed by atoms with Crippen molar-refractivity contribution < 1.29 is 12.8 Å². The number of aryl methyl sites for hydroxylation is 1. The molecule has 0 atom stereocenters. The van der Waals surface area contributed by atoms with E-state index in [0.29, 0.717) is 5.56 Å². The fourth-order valence-corrected chi connectivity index (χ4v) is 2.94. The highest BCUT2D eigenvalue weighted by molar-refractivity contribution is 7.92. The van der Waals surface area contributed by atoms with Crippen LogP contribution in [0.3, 0.4) is 0 Å². The Morgan fingerprint density at radius 1 is 1.26 bits per heavy atom. The van der Waals surface area contributed by atoms with Gasteiger partial charge in [0.1, 0.15) is 16.8 Å². The van der Waals surface area contributed by atoms with Crippen LogP contribution in [0, 0.1) is 12.7 Å². The molecule has 0 unspecified atom stereocenters. The molecule has 0 aliphatic heterocycles. The van der Waals surface area contributed by atoms with Gasteiger partial charge in [0.25, 0.3) is 10.0 Å². The van der Waals surface area contributed by atoms with Crippen molar-refractivity contribution in [2.75, 3.05) is 4.72 Å². The van der Waals surface area contributed by atoms with Crippen molar-refractivity contribution in [3.63, 3.8) is 0 Å². The SMILES string of the molecule is Cc1ccc(F)cc1S(=O)(=O)Nc1cccc(Cl)n1. The zero-order valence-electron chi connectivity index (χ0n) is 9.89. The van der Waals surface area contributed by atoms with Crippen molar-refractivity contribution in [2.24, 2.45) is 0 Å². The molecule has 1 N–H and O–H groups in total. The van der Waals surface area contributed by atoms with Crippen molar-refractivity contribution in [1.29, 1.82) is 0 Å². The van der Waals surface area contributed by atoms with E-state index < -0.39 is 15.8 Å². The van der Waals surface area contributed by atoms with Gasteiger partial charge in [0.2, 0.25) is 0 Å². The summed E-state index contributed by atoms with van der Waals surface area (Å²) in [6, 6.07) is 8.10. The average Bonchev–Trinajstić information content (AvgIpc) is 2.31. The Balaban J connectivity index is 2.40. The lowest BCUT2D eigenvalue weighted by molar-refractivity contribution is 0.594. The molecule has 100 valence electrons. The van der Waals surface area contributed by atoms with Crippen LogP contribution in [0.25, 0.3) is 0 Å². The molecule has 0 fully saturated rings. The van der Waals surface area contributed by atoms with E-state index in [2.05, 4.69) is 9.71 Å². The highest BCUT2D eigenvalue weighted by Crippen LogP contribution is 2.20. The molecule has 0 bridgehead atoms. The van der Waals surface area contributed by atoms with E-state index in [0.717, 1.165) is 6.07 Å². The number of benzene rings is 1. The Labute approximate surface area is 115 Å². The van der Waals surface area contributed by atoms with Crippen molar-refractivity contribution in [3.05, 3.63) is 52.9 Å². The molecule has 0 saturated heterocycles. The monoisotopic (exact) mass is 300 g/mol. The van der Waals surface area contributed by atoms with E-state index in [-0.39, 0.29) is 15.9 Å². The largest absolute Gasteiger partial charge is 0.263 e. The summed E-state index contributed by atoms with van der Waals surface area (Å²) in [6.45, 7) is 1.58. The Morgan fingerprint density at radius 2 is 2.00 bits per heavy atom. The Kier molecular flexibility index (Phi) is 3.73. The van der Waals surface area contributed by atoms with Gasteiger partial charge in [-0.05, 0) is 36.8 Å². The molecule has 0 aliphatic rings. The summed E-state index contributed by atoms with van der Waals surface area (Å²) in [7, 11) is -3.89. The number of nitrogens with zero attached hydrogens (tertiary/aromatic N) is 1. The first kappa shape index (κ1) is 13.8. The topological polar surface area (TPSA) is 59.1 Å². The summed E-state index contributed by atoms with van der Waals surface area (Å²) in [5.74, 6) is -0.541. The molecule has 0 aliphatic carbocycles. The van der Waals surface area contributed by atoms with Gasteiger partial charge in [-0.3, -0.25) is 4.72 Å². The third kappa shape index (κ3) is 3.21. The summed E-state index contributed by atoms with van der Waals surface area (Å²) < 4.78 is 39.7. The van der Waals surface area contributed by atoms with E-state index in [4.69, 9.17) is 11.6 Å². The predicted octanol–water partition coefficient (Wildman–Crippen LogP) is 2.98. The van der Waals surface area contributed by atoms with Gasteiger partial charge in [0.05, 0.1) is 4.90 Å². The maximum absolute atomic E-state index is 13.2. The molecule has 7 heteroatoms. The maximum Gasteiger partial charge on any atom is 0.263 e. The lowest BCUT2D eigenvalue weighted by atomic mass is 10.2. The van der Waals surface area contributed by atoms with Crippen LogP contribution < -0.4 is 4.72 Å². The van der Waals surface area contributed by atoms with Gasteiger partial charge in [-0.15, -0.1) is 0 Å². The third-order valence-corrected chi connectivity index (χ3v) is 4.10. The Hall–Kier alpha value is -1.66. The Bertz CT molecular complexity index is 719. The number of hydrogen-bond donors (Lipinski definition) is 1. The van der Waals surface area contributed by atoms with Gasteiger partial charge in [-0.1, -0.05) is 23.7 Å². The summed E-state index contributed by atoms with van der Waals surface area (Å²) in [6.07, 6.45) is 0. The van der Waals surface area contributed by atoms with Gasteiger partial charge < -0.3 is 0 Å². The van der Waals surface area contributed by atoms with Gasteiger partial charge in [-0.2, -0.15) is 0 Å². The van der Waals surface area contributed by atoms with E-state index in [1.165, 1.54) is 24.3 Å². The van der Waals surface area contributed by atoms with Crippen LogP contribution in [0.1, 0.15) is 5.56 Å². The first-order valence-electron chi connectivity index (χ1n) is 5.30. The van der Waals surface area contributed by atoms with E-state index in [9.17, 15) is 12.8 Å². The van der Waals surface area contributed by atoms with Crippen LogP contribution in [-0.4, -0.2) is 13.4 Å². The fraction of sp³-hybridized carbons (Fsp3) is 0.0833. The second-order valence-corrected chi connectivity index (χ2v) is 5.90. The van der Waals surface area contributed by atoms with Gasteiger partial charge in [0, 0.05) is 0 Å². The molecule has 1 aromatic carbocycles. The van der Waals surface area contributed by atoms with Crippen LogP contribution in [0.5, 0.6) is 0 Å². The number of pyridine rings is 1. The standard InChI is InChI=1S/C12H10ClFN2O2S/c1-8-5-6-9(14)7-10(8)19(17,18)16-12-4-2-3-11(13)15-12/h2-7H,1H3,(H,15,16). The van der Waals surface area contributed by atoms with Crippen molar-refractivity contribution in [1.82, 2.24) is 4.98 Å². The number of aromatic nitrogens is 1. The molecule has 19 heavy (non-hydrogen) atoms. The fourth-order valence-electron chi connectivity index (χ4n) is 1.52. The summed E-state index contributed by atoms with van der Waals surface area (Å²) in [4.78, 5) is 3.69. The molecule has 4 nitrogen and oxygen atoms in total. The van der Waals surface area contributed by atoms with Crippen LogP contribution >= 0.6 is 11.6 Å². The smallest absolute Gasteiger partial charge is 0.263 e. The third-order valence-electron chi connectivity index (χ3n) is 2.39. The van der Waals surface area contributed by atoms with E-state index in [1.54, 1.807) is 13.0 Å². The summed E-state index contributed by atoms with van der Waals surface area (Å²) in [5.41, 5.74) is 0.441. The highest BCUT2D eigenvalue weighted by Gasteiger charge is 2.18. The molecule has 1 aromatic heterocycles. The van der Waals surface area contributed by atoms with Crippen molar-refractivity contribution >= 4 is 27.4 Å². The lowest BCUT2D eigenvalue weighted by Gasteiger charge is -2.09. The average molecular weight is 301 g/mol. The molecular weight excluding hydrogens is 291 g/mol. The van der Waals surface area contributed by atoms with Gasteiger partial charge in [-0.25, -0.2) is 17.8 Å². The van der Waals surface area contributed by atoms with Crippen LogP contribution in [-0.2, 0) is 10.0 Å². The molecule has 1 heterocycles. The number of nitrogens with one attached hydrogen (secondary N) is 1. The minimum atomic E-state index is -3.89. The molecule has 0 radical (unpaired) electrons. The molecule has 2 rings (SSSR count). The van der Waals surface area contributed by atoms with E-state index in [1.807, 2.05) is 0 Å². The van der Waals surface area contributed by atoms with Crippen molar-refractivity contribution in [3.8, 4) is 0 Å². The lowest BCUT2D eigenvalue weighted by Crippen LogP contribution is -2.15. The first-order valence-corrected chi connectivity index (χ1v) is 7.16. The maximum atomic E-state index is 13.2. The zero-order valence-corrected chi connectivity index (χ0v) is 11.5. The summed E-state index contributed by atoms with van der Waals surface area (Å²) in [5, 5.41) is 0.163. The first-order chi connectivity index (χ1) is 8.88.